The number of rotatable bonds is 18. The molecule has 5 aliphatic carbocycles. The minimum Gasteiger partial charge on any atom is -0.466 e. The lowest BCUT2D eigenvalue weighted by atomic mass is 9.49. The quantitative estimate of drug-likeness (QED) is 0.0828. The number of esters is 6. The Kier molecular flexibility index (Phi) is 16.3. The van der Waals surface area contributed by atoms with E-state index in [4.69, 9.17) is 28.4 Å². The molecule has 5 aliphatic rings. The van der Waals surface area contributed by atoms with Crippen molar-refractivity contribution < 1.29 is 86.0 Å². The van der Waals surface area contributed by atoms with Crippen molar-refractivity contribution in [2.45, 2.75) is 41.5 Å². The summed E-state index contributed by atoms with van der Waals surface area (Å²) in [6, 6.07) is 0. The Hall–Kier alpha value is -7.24. The zero-order valence-corrected chi connectivity index (χ0v) is 37.0. The fourth-order valence-electron chi connectivity index (χ4n) is 8.94. The summed E-state index contributed by atoms with van der Waals surface area (Å²) >= 11 is 0. The molecule has 348 valence electrons. The second-order valence-corrected chi connectivity index (χ2v) is 15.2. The van der Waals surface area contributed by atoms with Gasteiger partial charge in [-0.3, -0.25) is 47.9 Å². The molecule has 4 unspecified atom stereocenters. The minimum absolute atomic E-state index is 0.0565. The fourth-order valence-corrected chi connectivity index (χ4v) is 8.94. The maximum atomic E-state index is 14.4. The Morgan fingerprint density at radius 3 is 0.833 bits per heavy atom. The number of hydrogen-bond acceptors (Lipinski definition) is 18. The van der Waals surface area contributed by atoms with Gasteiger partial charge in [-0.1, -0.05) is 0 Å². The SMILES string of the molecule is CCOC(=O)/C=C/C1=CC(=O)C(C2C(C(=O)OCC)C(C3=CC(=O)C(C4C(C(=O)OCC)C(C5=CC(=O)C(/C=C/C(=O)OCC)=CC5=O)C4C(=O)OCC)=CC3=O)C2C(=O)OCC)=CC1=O. The highest BCUT2D eigenvalue weighted by Gasteiger charge is 2.65. The fraction of sp³-hybridized carbons (Fsp3) is 0.417. The molecule has 0 aliphatic heterocycles. The summed E-state index contributed by atoms with van der Waals surface area (Å²) in [5, 5.41) is 0. The van der Waals surface area contributed by atoms with Crippen LogP contribution >= 0.6 is 0 Å². The van der Waals surface area contributed by atoms with Crippen molar-refractivity contribution in [3.8, 4) is 0 Å². The van der Waals surface area contributed by atoms with Crippen LogP contribution in [0.4, 0.5) is 0 Å². The number of allylic oxidation sites excluding steroid dienone is 14. The van der Waals surface area contributed by atoms with Crippen LogP contribution in [0.15, 0.2) is 94.2 Å². The van der Waals surface area contributed by atoms with E-state index in [2.05, 4.69) is 0 Å². The van der Waals surface area contributed by atoms with E-state index in [1.165, 1.54) is 27.7 Å². The maximum Gasteiger partial charge on any atom is 0.330 e. The number of carbonyl (C=O) groups excluding carboxylic acids is 12. The molecule has 0 aromatic heterocycles. The normalized spacial score (nSPS) is 26.2. The number of ketones is 6. The second kappa shape index (κ2) is 21.6. The van der Waals surface area contributed by atoms with Crippen LogP contribution in [0.25, 0.3) is 0 Å². The predicted octanol–water partition coefficient (Wildman–Crippen LogP) is 2.45. The molecule has 66 heavy (non-hydrogen) atoms. The molecular weight excluding hydrogens is 865 g/mol. The van der Waals surface area contributed by atoms with E-state index >= 15 is 0 Å². The van der Waals surface area contributed by atoms with Gasteiger partial charge in [-0.25, -0.2) is 9.59 Å². The van der Waals surface area contributed by atoms with Crippen molar-refractivity contribution in [3.63, 3.8) is 0 Å². The molecule has 0 amide bonds. The second-order valence-electron chi connectivity index (χ2n) is 15.2. The molecule has 4 atom stereocenters. The Labute approximate surface area is 378 Å². The van der Waals surface area contributed by atoms with Crippen molar-refractivity contribution in [2.75, 3.05) is 39.6 Å². The van der Waals surface area contributed by atoms with Crippen LogP contribution in [-0.4, -0.2) is 110 Å². The molecule has 18 nitrogen and oxygen atoms in total. The van der Waals surface area contributed by atoms with Gasteiger partial charge >= 0.3 is 35.8 Å². The van der Waals surface area contributed by atoms with E-state index in [-0.39, 0.29) is 73.1 Å². The lowest BCUT2D eigenvalue weighted by Crippen LogP contribution is -2.59. The molecule has 0 heterocycles. The molecule has 2 saturated carbocycles. The van der Waals surface area contributed by atoms with Gasteiger partial charge in [0.05, 0.1) is 63.3 Å². The highest BCUT2D eigenvalue weighted by Crippen LogP contribution is 2.58. The summed E-state index contributed by atoms with van der Waals surface area (Å²) in [6.07, 6.45) is 9.45. The Morgan fingerprint density at radius 1 is 0.364 bits per heavy atom. The van der Waals surface area contributed by atoms with E-state index in [9.17, 15) is 57.5 Å². The Bertz CT molecular complexity index is 2190. The molecular formula is C48H48O18. The van der Waals surface area contributed by atoms with E-state index < -0.39 is 118 Å². The average Bonchev–Trinajstić information content (AvgIpc) is 3.23. The first-order chi connectivity index (χ1) is 31.5. The summed E-state index contributed by atoms with van der Waals surface area (Å²) in [7, 11) is 0. The number of hydrogen-bond donors (Lipinski definition) is 0. The van der Waals surface area contributed by atoms with E-state index in [0.29, 0.717) is 0 Å². The zero-order valence-electron chi connectivity index (χ0n) is 37.0. The molecule has 18 heteroatoms. The van der Waals surface area contributed by atoms with Crippen LogP contribution in [-0.2, 0) is 86.0 Å². The Morgan fingerprint density at radius 2 is 0.591 bits per heavy atom. The van der Waals surface area contributed by atoms with Crippen molar-refractivity contribution >= 4 is 70.5 Å². The number of carbonyl (C=O) groups is 12. The smallest absolute Gasteiger partial charge is 0.330 e. The third kappa shape index (κ3) is 10.0. The first-order valence-electron chi connectivity index (χ1n) is 21.4. The lowest BCUT2D eigenvalue weighted by Gasteiger charge is -2.51. The van der Waals surface area contributed by atoms with Crippen molar-refractivity contribution in [2.24, 2.45) is 47.3 Å². The zero-order chi connectivity index (χ0) is 48.6. The van der Waals surface area contributed by atoms with Gasteiger partial charge in [0.25, 0.3) is 0 Å². The van der Waals surface area contributed by atoms with E-state index in [1.807, 2.05) is 0 Å². The van der Waals surface area contributed by atoms with Gasteiger partial charge in [-0.2, -0.15) is 0 Å². The summed E-state index contributed by atoms with van der Waals surface area (Å²) in [5.74, 6) is -22.1. The molecule has 0 bridgehead atoms. The summed E-state index contributed by atoms with van der Waals surface area (Å²) in [5.41, 5.74) is -1.71. The molecule has 0 aromatic carbocycles. The first-order valence-corrected chi connectivity index (χ1v) is 21.4. The largest absolute Gasteiger partial charge is 0.466 e. The van der Waals surface area contributed by atoms with Gasteiger partial charge in [-0.15, -0.1) is 0 Å². The maximum absolute atomic E-state index is 14.4. The molecule has 0 radical (unpaired) electrons. The molecule has 0 spiro atoms. The van der Waals surface area contributed by atoms with Gasteiger partial charge in [0, 0.05) is 69.3 Å². The van der Waals surface area contributed by atoms with E-state index in [1.54, 1.807) is 13.8 Å². The van der Waals surface area contributed by atoms with Gasteiger partial charge < -0.3 is 28.4 Å². The van der Waals surface area contributed by atoms with E-state index in [0.717, 1.165) is 60.8 Å². The molecule has 0 saturated heterocycles. The van der Waals surface area contributed by atoms with Crippen molar-refractivity contribution in [3.05, 3.63) is 94.2 Å². The first kappa shape index (κ1) is 49.8. The average molecular weight is 913 g/mol. The lowest BCUT2D eigenvalue weighted by molar-refractivity contribution is -0.176. The van der Waals surface area contributed by atoms with Gasteiger partial charge in [-0.05, 0) is 90.2 Å². The van der Waals surface area contributed by atoms with Crippen molar-refractivity contribution in [1.82, 2.24) is 0 Å². The minimum atomic E-state index is -1.50. The summed E-state index contributed by atoms with van der Waals surface area (Å²) in [6.45, 7) is 8.51. The summed E-state index contributed by atoms with van der Waals surface area (Å²) in [4.78, 5) is 162. The third-order valence-corrected chi connectivity index (χ3v) is 11.6. The summed E-state index contributed by atoms with van der Waals surface area (Å²) < 4.78 is 31.0. The van der Waals surface area contributed by atoms with Crippen LogP contribution in [0.3, 0.4) is 0 Å². The van der Waals surface area contributed by atoms with Crippen LogP contribution in [0.1, 0.15) is 41.5 Å². The van der Waals surface area contributed by atoms with Crippen LogP contribution in [0.5, 0.6) is 0 Å². The number of ether oxygens (including phenoxy) is 6. The molecule has 2 fully saturated rings. The van der Waals surface area contributed by atoms with Crippen LogP contribution in [0, 0.1) is 47.3 Å². The molecule has 0 N–H and O–H groups in total. The van der Waals surface area contributed by atoms with Crippen LogP contribution in [0.2, 0.25) is 0 Å². The topological polar surface area (TPSA) is 260 Å². The molecule has 0 aromatic rings. The van der Waals surface area contributed by atoms with Crippen LogP contribution < -0.4 is 0 Å². The van der Waals surface area contributed by atoms with Crippen molar-refractivity contribution in [1.29, 1.82) is 0 Å². The van der Waals surface area contributed by atoms with Gasteiger partial charge in [0.2, 0.25) is 0 Å². The third-order valence-electron chi connectivity index (χ3n) is 11.6. The van der Waals surface area contributed by atoms with Gasteiger partial charge in [0.15, 0.2) is 34.7 Å². The highest BCUT2D eigenvalue weighted by molar-refractivity contribution is 6.24. The monoisotopic (exact) mass is 912 g/mol. The Balaban J connectivity index is 1.54. The molecule has 5 rings (SSSR count). The standard InChI is InChI=1S/C48H48O18/c1-7-61-35(55)15-13-23-17-31(51)25(19-29(23)49)37-41(45(57)63-9-3)39(42(37)46(58)64-10-4)27-21-34(54)28(22-33(27)53)40-43(47(59)65-11-5)38(44(40)48(60)66-12-6)26-20-30(50)24(18-32(26)52)14-16-36(56)62-8-2/h13-22,37-44H,7-12H2,1-6H3/b15-13+,16-14+. The predicted molar refractivity (Wildman–Crippen MR) is 225 cm³/mol. The van der Waals surface area contributed by atoms with Gasteiger partial charge in [0.1, 0.15) is 0 Å². The highest BCUT2D eigenvalue weighted by atomic mass is 16.6.